The lowest BCUT2D eigenvalue weighted by Crippen LogP contribution is -2.35. The topological polar surface area (TPSA) is 63.5 Å². The molecule has 1 aromatic rings. The number of non-ortho nitro benzene ring substituents is 1. The number of nitrogens with zero attached hydrogens (tertiary/aromatic N) is 2. The Morgan fingerprint density at radius 2 is 2.05 bits per heavy atom. The molecule has 0 saturated heterocycles. The Morgan fingerprint density at radius 1 is 1.38 bits per heavy atom. The minimum atomic E-state index is -0.646. The van der Waals surface area contributed by atoms with Crippen molar-refractivity contribution in [2.24, 2.45) is 5.92 Å². The normalized spacial score (nSPS) is 17.6. The second kappa shape index (κ2) is 5.09. The lowest BCUT2D eigenvalue weighted by molar-refractivity contribution is -0.385. The standard InChI is InChI=1S/C15H17FN2O3/c1-9-6-12(18(20)21)7-13(14(9)16)15(19)17(11-4-5-11)8-10-2-3-10/h6-7,10-11H,2-5,8H2,1H3. The zero-order chi connectivity index (χ0) is 15.1. The summed E-state index contributed by atoms with van der Waals surface area (Å²) in [6.45, 7) is 2.09. The van der Waals surface area contributed by atoms with Gasteiger partial charge in [0, 0.05) is 24.7 Å². The maximum atomic E-state index is 14.2. The molecule has 0 aromatic heterocycles. The van der Waals surface area contributed by atoms with Crippen molar-refractivity contribution in [3.63, 3.8) is 0 Å². The number of aryl methyl sites for hydroxylation is 1. The van der Waals surface area contributed by atoms with Gasteiger partial charge in [0.05, 0.1) is 10.5 Å². The molecule has 0 spiro atoms. The zero-order valence-electron chi connectivity index (χ0n) is 11.8. The fraction of sp³-hybridized carbons (Fsp3) is 0.533. The van der Waals surface area contributed by atoms with E-state index >= 15 is 0 Å². The van der Waals surface area contributed by atoms with E-state index in [0.29, 0.717) is 12.5 Å². The van der Waals surface area contributed by atoms with Crippen molar-refractivity contribution >= 4 is 11.6 Å². The Labute approximate surface area is 121 Å². The van der Waals surface area contributed by atoms with Gasteiger partial charge >= 0.3 is 0 Å². The summed E-state index contributed by atoms with van der Waals surface area (Å²) >= 11 is 0. The van der Waals surface area contributed by atoms with Crippen LogP contribution in [-0.2, 0) is 0 Å². The number of hydrogen-bond donors (Lipinski definition) is 0. The number of nitro benzene ring substituents is 1. The van der Waals surface area contributed by atoms with Crippen molar-refractivity contribution < 1.29 is 14.1 Å². The van der Waals surface area contributed by atoms with E-state index in [4.69, 9.17) is 0 Å². The van der Waals surface area contributed by atoms with Crippen LogP contribution in [0.3, 0.4) is 0 Å². The molecule has 5 nitrogen and oxygen atoms in total. The van der Waals surface area contributed by atoms with Crippen molar-refractivity contribution in [3.05, 3.63) is 39.2 Å². The summed E-state index contributed by atoms with van der Waals surface area (Å²) in [4.78, 5) is 24.6. The maximum absolute atomic E-state index is 14.2. The number of nitro groups is 1. The quantitative estimate of drug-likeness (QED) is 0.619. The van der Waals surface area contributed by atoms with Gasteiger partial charge in [-0.15, -0.1) is 0 Å². The second-order valence-corrected chi connectivity index (χ2v) is 6.01. The third-order valence-electron chi connectivity index (χ3n) is 4.08. The van der Waals surface area contributed by atoms with Crippen LogP contribution in [0.25, 0.3) is 0 Å². The first-order valence-electron chi connectivity index (χ1n) is 7.23. The Kier molecular flexibility index (Phi) is 3.39. The van der Waals surface area contributed by atoms with E-state index in [2.05, 4.69) is 0 Å². The molecule has 0 bridgehead atoms. The molecule has 0 aliphatic heterocycles. The third-order valence-corrected chi connectivity index (χ3v) is 4.08. The Bertz CT molecular complexity index is 609. The first-order chi connectivity index (χ1) is 9.97. The molecule has 2 saturated carbocycles. The van der Waals surface area contributed by atoms with Gasteiger partial charge in [0.1, 0.15) is 5.82 Å². The number of hydrogen-bond acceptors (Lipinski definition) is 3. The van der Waals surface area contributed by atoms with E-state index in [1.54, 1.807) is 4.90 Å². The molecule has 0 atom stereocenters. The molecule has 3 rings (SSSR count). The summed E-state index contributed by atoms with van der Waals surface area (Å²) in [6, 6.07) is 2.40. The fourth-order valence-corrected chi connectivity index (χ4v) is 2.53. The van der Waals surface area contributed by atoms with E-state index in [1.807, 2.05) is 0 Å². The van der Waals surface area contributed by atoms with E-state index < -0.39 is 16.6 Å². The SMILES string of the molecule is Cc1cc([N+](=O)[O-])cc(C(=O)N(CC2CC2)C2CC2)c1F. The minimum Gasteiger partial charge on any atom is -0.335 e. The van der Waals surface area contributed by atoms with Gasteiger partial charge in [-0.1, -0.05) is 0 Å². The van der Waals surface area contributed by atoms with Gasteiger partial charge in [-0.2, -0.15) is 0 Å². The Balaban J connectivity index is 1.93. The summed E-state index contributed by atoms with van der Waals surface area (Å²) in [5.74, 6) is -0.543. The van der Waals surface area contributed by atoms with Crippen LogP contribution in [0.1, 0.15) is 41.6 Å². The van der Waals surface area contributed by atoms with Gasteiger partial charge < -0.3 is 4.90 Å². The van der Waals surface area contributed by atoms with Crippen LogP contribution in [0.5, 0.6) is 0 Å². The van der Waals surface area contributed by atoms with E-state index in [-0.39, 0.29) is 22.9 Å². The monoisotopic (exact) mass is 292 g/mol. The van der Waals surface area contributed by atoms with Gasteiger partial charge in [0.25, 0.3) is 11.6 Å². The lowest BCUT2D eigenvalue weighted by Gasteiger charge is -2.22. The highest BCUT2D eigenvalue weighted by Gasteiger charge is 2.38. The van der Waals surface area contributed by atoms with Crippen molar-refractivity contribution in [3.8, 4) is 0 Å². The molecule has 0 heterocycles. The predicted octanol–water partition coefficient (Wildman–Crippen LogP) is 3.06. The highest BCUT2D eigenvalue weighted by atomic mass is 19.1. The van der Waals surface area contributed by atoms with Crippen LogP contribution >= 0.6 is 0 Å². The molecule has 2 aliphatic rings. The van der Waals surface area contributed by atoms with Crippen molar-refractivity contribution in [2.75, 3.05) is 6.54 Å². The second-order valence-electron chi connectivity index (χ2n) is 6.01. The zero-order valence-corrected chi connectivity index (χ0v) is 11.8. The Hall–Kier alpha value is -1.98. The van der Waals surface area contributed by atoms with Gasteiger partial charge in [0.2, 0.25) is 0 Å². The van der Waals surface area contributed by atoms with Crippen molar-refractivity contribution in [2.45, 2.75) is 38.6 Å². The summed E-state index contributed by atoms with van der Waals surface area (Å²) in [5, 5.41) is 10.9. The molecule has 6 heteroatoms. The minimum absolute atomic E-state index is 0.134. The molecular weight excluding hydrogens is 275 g/mol. The first-order valence-corrected chi connectivity index (χ1v) is 7.23. The van der Waals surface area contributed by atoms with Crippen molar-refractivity contribution in [1.82, 2.24) is 4.90 Å². The van der Waals surface area contributed by atoms with Crippen LogP contribution in [0.15, 0.2) is 12.1 Å². The summed E-state index contributed by atoms with van der Waals surface area (Å²) in [7, 11) is 0. The van der Waals surface area contributed by atoms with Gasteiger partial charge in [-0.05, 0) is 44.1 Å². The molecular formula is C15H17FN2O3. The largest absolute Gasteiger partial charge is 0.335 e. The summed E-state index contributed by atoms with van der Waals surface area (Å²) in [6.07, 6.45) is 4.09. The van der Waals surface area contributed by atoms with Crippen LogP contribution in [-0.4, -0.2) is 28.3 Å². The lowest BCUT2D eigenvalue weighted by atomic mass is 10.1. The van der Waals surface area contributed by atoms with Crippen LogP contribution < -0.4 is 0 Å². The molecule has 1 amide bonds. The highest BCUT2D eigenvalue weighted by molar-refractivity contribution is 5.95. The van der Waals surface area contributed by atoms with Crippen molar-refractivity contribution in [1.29, 1.82) is 0 Å². The molecule has 21 heavy (non-hydrogen) atoms. The fourth-order valence-electron chi connectivity index (χ4n) is 2.53. The van der Waals surface area contributed by atoms with Crippen LogP contribution in [0.2, 0.25) is 0 Å². The molecule has 2 aliphatic carbocycles. The number of carbonyl (C=O) groups excluding carboxylic acids is 1. The summed E-state index contributed by atoms with van der Waals surface area (Å²) < 4.78 is 14.2. The van der Waals surface area contributed by atoms with Gasteiger partial charge in [0.15, 0.2) is 0 Å². The van der Waals surface area contributed by atoms with E-state index in [1.165, 1.54) is 6.92 Å². The van der Waals surface area contributed by atoms with Gasteiger partial charge in [-0.3, -0.25) is 14.9 Å². The average Bonchev–Trinajstić information content (AvgIpc) is 3.31. The Morgan fingerprint density at radius 3 is 2.57 bits per heavy atom. The molecule has 0 unspecified atom stereocenters. The van der Waals surface area contributed by atoms with Crippen LogP contribution in [0.4, 0.5) is 10.1 Å². The third kappa shape index (κ3) is 2.89. The van der Waals surface area contributed by atoms with E-state index in [0.717, 1.165) is 37.8 Å². The first kappa shape index (κ1) is 14.0. The number of benzene rings is 1. The molecule has 1 aromatic carbocycles. The number of rotatable bonds is 5. The maximum Gasteiger partial charge on any atom is 0.270 e. The molecule has 2 fully saturated rings. The van der Waals surface area contributed by atoms with Crippen LogP contribution in [0, 0.1) is 28.8 Å². The number of amides is 1. The number of carbonyl (C=O) groups is 1. The van der Waals surface area contributed by atoms with E-state index in [9.17, 15) is 19.3 Å². The predicted molar refractivity (Wildman–Crippen MR) is 74.6 cm³/mol. The highest BCUT2D eigenvalue weighted by Crippen LogP contribution is 2.36. The smallest absolute Gasteiger partial charge is 0.270 e. The molecule has 112 valence electrons. The number of halogens is 1. The van der Waals surface area contributed by atoms with Gasteiger partial charge in [-0.25, -0.2) is 4.39 Å². The average molecular weight is 292 g/mol. The molecule has 0 radical (unpaired) electrons. The molecule has 0 N–H and O–H groups in total. The summed E-state index contributed by atoms with van der Waals surface area (Å²) in [5.41, 5.74) is -0.275.